The van der Waals surface area contributed by atoms with Gasteiger partial charge in [0.2, 0.25) is 5.91 Å². The molecule has 1 fully saturated rings. The second kappa shape index (κ2) is 6.39. The maximum atomic E-state index is 12.5. The predicted octanol–water partition coefficient (Wildman–Crippen LogP) is 2.24. The van der Waals surface area contributed by atoms with Gasteiger partial charge in [0.05, 0.1) is 18.8 Å². The summed E-state index contributed by atoms with van der Waals surface area (Å²) in [5.74, 6) is 0.265. The Labute approximate surface area is 133 Å². The van der Waals surface area contributed by atoms with Crippen molar-refractivity contribution in [2.24, 2.45) is 0 Å². The van der Waals surface area contributed by atoms with Crippen LogP contribution in [0.4, 0.5) is 0 Å². The number of hydrogen-bond acceptors (Lipinski definition) is 3. The number of likely N-dealkylation sites (tertiary alicyclic amines) is 1. The summed E-state index contributed by atoms with van der Waals surface area (Å²) in [5.41, 5.74) is 2.67. The van der Waals surface area contributed by atoms with Gasteiger partial charge < -0.3 is 9.64 Å². The van der Waals surface area contributed by atoms with Crippen molar-refractivity contribution in [2.75, 3.05) is 26.7 Å². The quantitative estimate of drug-likeness (QED) is 0.855. The molecule has 4 nitrogen and oxygen atoms in total. The second-order valence-electron chi connectivity index (χ2n) is 6.68. The molecule has 1 aromatic carbocycles. The summed E-state index contributed by atoms with van der Waals surface area (Å²) < 4.78 is 5.98. The zero-order chi connectivity index (χ0) is 15.7. The van der Waals surface area contributed by atoms with Crippen LogP contribution in [0.2, 0.25) is 0 Å². The fraction of sp³-hybridized carbons (Fsp3) is 0.611. The lowest BCUT2D eigenvalue weighted by molar-refractivity contribution is -0.133. The predicted molar refractivity (Wildman–Crippen MR) is 86.7 cm³/mol. The summed E-state index contributed by atoms with van der Waals surface area (Å²) in [5, 5.41) is 0. The van der Waals surface area contributed by atoms with E-state index in [9.17, 15) is 4.79 Å². The van der Waals surface area contributed by atoms with Crippen LogP contribution in [0, 0.1) is 0 Å². The minimum absolute atomic E-state index is 0.0000822. The number of benzene rings is 1. The molecule has 4 heteroatoms. The van der Waals surface area contributed by atoms with E-state index in [-0.39, 0.29) is 24.1 Å². The van der Waals surface area contributed by atoms with Crippen molar-refractivity contribution in [1.29, 1.82) is 0 Å². The Kier molecular flexibility index (Phi) is 4.50. The van der Waals surface area contributed by atoms with Gasteiger partial charge in [0, 0.05) is 19.1 Å². The lowest BCUT2D eigenvalue weighted by Gasteiger charge is -2.32. The fourth-order valence-electron chi connectivity index (χ4n) is 3.62. The molecule has 1 aromatic rings. The van der Waals surface area contributed by atoms with Crippen LogP contribution < -0.4 is 0 Å². The number of hydrogen-bond donors (Lipinski definition) is 0. The zero-order valence-corrected chi connectivity index (χ0v) is 13.8. The minimum atomic E-state index is 0.0000822. The highest BCUT2D eigenvalue weighted by Crippen LogP contribution is 2.29. The summed E-state index contributed by atoms with van der Waals surface area (Å²) >= 11 is 0. The van der Waals surface area contributed by atoms with Crippen molar-refractivity contribution in [3.8, 4) is 0 Å². The fourth-order valence-corrected chi connectivity index (χ4v) is 3.62. The molecule has 0 spiro atoms. The van der Waals surface area contributed by atoms with Gasteiger partial charge in [-0.05, 0) is 44.9 Å². The number of carbonyl (C=O) groups excluding carboxylic acids is 1. The Morgan fingerprint density at radius 1 is 1.36 bits per heavy atom. The van der Waals surface area contributed by atoms with Crippen molar-refractivity contribution in [1.82, 2.24) is 9.80 Å². The summed E-state index contributed by atoms with van der Waals surface area (Å²) in [6.07, 6.45) is 1.98. The Bertz CT molecular complexity index is 544. The number of nitrogens with zero attached hydrogens (tertiary/aromatic N) is 2. The molecule has 0 aliphatic carbocycles. The van der Waals surface area contributed by atoms with Crippen LogP contribution in [0.25, 0.3) is 0 Å². The highest BCUT2D eigenvalue weighted by Gasteiger charge is 2.36. The smallest absolute Gasteiger partial charge is 0.240 e. The summed E-state index contributed by atoms with van der Waals surface area (Å²) in [6, 6.07) is 8.79. The standard InChI is InChI=1S/C18H26N2O2/c1-13(2)20-10-8-16(18(20)21)19(3)12-17-15-7-5-4-6-14(15)9-11-22-17/h4-7,13,16-17H,8-12H2,1-3H3/t16-,17+/m1/s1. The molecule has 1 saturated heterocycles. The molecule has 3 rings (SSSR count). The average Bonchev–Trinajstić information content (AvgIpc) is 2.89. The van der Waals surface area contributed by atoms with Crippen molar-refractivity contribution < 1.29 is 9.53 Å². The van der Waals surface area contributed by atoms with E-state index in [1.54, 1.807) is 0 Å². The number of likely N-dealkylation sites (N-methyl/N-ethyl adjacent to an activating group) is 1. The van der Waals surface area contributed by atoms with Crippen molar-refractivity contribution in [3.63, 3.8) is 0 Å². The van der Waals surface area contributed by atoms with Crippen LogP contribution in [0.3, 0.4) is 0 Å². The van der Waals surface area contributed by atoms with Gasteiger partial charge in [0.25, 0.3) is 0 Å². The van der Waals surface area contributed by atoms with Gasteiger partial charge >= 0.3 is 0 Å². The van der Waals surface area contributed by atoms with E-state index < -0.39 is 0 Å². The van der Waals surface area contributed by atoms with E-state index in [0.29, 0.717) is 0 Å². The molecule has 2 atom stereocenters. The van der Waals surface area contributed by atoms with E-state index in [4.69, 9.17) is 4.74 Å². The van der Waals surface area contributed by atoms with Gasteiger partial charge in [-0.3, -0.25) is 9.69 Å². The summed E-state index contributed by atoms with van der Waals surface area (Å²) in [4.78, 5) is 16.7. The molecule has 0 radical (unpaired) electrons. The number of carbonyl (C=O) groups is 1. The van der Waals surface area contributed by atoms with Crippen LogP contribution in [0.15, 0.2) is 24.3 Å². The van der Waals surface area contributed by atoms with Gasteiger partial charge in [-0.1, -0.05) is 24.3 Å². The van der Waals surface area contributed by atoms with Crippen molar-refractivity contribution in [2.45, 2.75) is 44.9 Å². The van der Waals surface area contributed by atoms with E-state index in [1.165, 1.54) is 11.1 Å². The molecule has 0 bridgehead atoms. The van der Waals surface area contributed by atoms with Crippen molar-refractivity contribution >= 4 is 5.91 Å². The van der Waals surface area contributed by atoms with Gasteiger partial charge in [0.15, 0.2) is 0 Å². The molecular formula is C18H26N2O2. The van der Waals surface area contributed by atoms with Crippen LogP contribution in [-0.2, 0) is 16.0 Å². The maximum absolute atomic E-state index is 12.5. The first-order chi connectivity index (χ1) is 10.6. The van der Waals surface area contributed by atoms with Crippen LogP contribution in [0.5, 0.6) is 0 Å². The third-order valence-corrected chi connectivity index (χ3v) is 4.91. The third-order valence-electron chi connectivity index (χ3n) is 4.91. The number of ether oxygens (including phenoxy) is 1. The highest BCUT2D eigenvalue weighted by atomic mass is 16.5. The molecule has 2 aliphatic rings. The van der Waals surface area contributed by atoms with Gasteiger partial charge in [0.1, 0.15) is 0 Å². The maximum Gasteiger partial charge on any atom is 0.240 e. The first-order valence-corrected chi connectivity index (χ1v) is 8.28. The molecule has 22 heavy (non-hydrogen) atoms. The van der Waals surface area contributed by atoms with Crippen LogP contribution in [0.1, 0.15) is 37.5 Å². The molecule has 0 unspecified atom stereocenters. The number of fused-ring (bicyclic) bond motifs is 1. The van der Waals surface area contributed by atoms with E-state index in [0.717, 1.165) is 32.5 Å². The molecule has 0 N–H and O–H groups in total. The SMILES string of the molecule is CC(C)N1CC[C@@H](N(C)C[C@@H]2OCCc3ccccc32)C1=O. The first-order valence-electron chi connectivity index (χ1n) is 8.28. The molecule has 0 aromatic heterocycles. The van der Waals surface area contributed by atoms with Gasteiger partial charge in [-0.2, -0.15) is 0 Å². The number of amides is 1. The molecule has 0 saturated carbocycles. The topological polar surface area (TPSA) is 32.8 Å². The molecule has 2 aliphatic heterocycles. The molecule has 120 valence electrons. The van der Waals surface area contributed by atoms with E-state index >= 15 is 0 Å². The summed E-state index contributed by atoms with van der Waals surface area (Å²) in [6.45, 7) is 6.58. The molecule has 1 amide bonds. The highest BCUT2D eigenvalue weighted by molar-refractivity contribution is 5.84. The first kappa shape index (κ1) is 15.5. The van der Waals surface area contributed by atoms with Gasteiger partial charge in [-0.15, -0.1) is 0 Å². The lowest BCUT2D eigenvalue weighted by atomic mass is 9.97. The van der Waals surface area contributed by atoms with E-state index in [2.05, 4.69) is 43.0 Å². The second-order valence-corrected chi connectivity index (χ2v) is 6.68. The third kappa shape index (κ3) is 2.90. The Morgan fingerprint density at radius 3 is 2.86 bits per heavy atom. The summed E-state index contributed by atoms with van der Waals surface area (Å²) in [7, 11) is 2.05. The van der Waals surface area contributed by atoms with E-state index in [1.807, 2.05) is 11.9 Å². The zero-order valence-electron chi connectivity index (χ0n) is 13.8. The Hall–Kier alpha value is -1.39. The number of rotatable bonds is 4. The Morgan fingerprint density at radius 2 is 2.14 bits per heavy atom. The van der Waals surface area contributed by atoms with Crippen molar-refractivity contribution in [3.05, 3.63) is 35.4 Å². The molecular weight excluding hydrogens is 276 g/mol. The average molecular weight is 302 g/mol. The lowest BCUT2D eigenvalue weighted by Crippen LogP contribution is -2.43. The minimum Gasteiger partial charge on any atom is -0.372 e. The van der Waals surface area contributed by atoms with Crippen LogP contribution >= 0.6 is 0 Å². The van der Waals surface area contributed by atoms with Gasteiger partial charge in [-0.25, -0.2) is 0 Å². The molecule has 2 heterocycles. The normalized spacial score (nSPS) is 25.1. The van der Waals surface area contributed by atoms with Crippen LogP contribution in [-0.4, -0.2) is 54.5 Å². The monoisotopic (exact) mass is 302 g/mol. The largest absolute Gasteiger partial charge is 0.372 e. The Balaban J connectivity index is 1.68.